The highest BCUT2D eigenvalue weighted by atomic mass is 32.2. The Hall–Kier alpha value is -3.08. The summed E-state index contributed by atoms with van der Waals surface area (Å²) in [6.45, 7) is 1.77. The van der Waals surface area contributed by atoms with Gasteiger partial charge in [-0.2, -0.15) is 5.10 Å². The van der Waals surface area contributed by atoms with Crippen molar-refractivity contribution >= 4 is 33.7 Å². The van der Waals surface area contributed by atoms with Crippen LogP contribution in [-0.4, -0.2) is 39.2 Å². The molecule has 2 heterocycles. The summed E-state index contributed by atoms with van der Waals surface area (Å²) in [7, 11) is 1.35. The second-order valence-corrected chi connectivity index (χ2v) is 7.19. The summed E-state index contributed by atoms with van der Waals surface area (Å²) in [6.07, 6.45) is 4.59. The van der Waals surface area contributed by atoms with E-state index in [1.807, 2.05) is 0 Å². The van der Waals surface area contributed by atoms with Crippen LogP contribution in [0.25, 0.3) is 0 Å². The lowest BCUT2D eigenvalue weighted by Gasteiger charge is -2.27. The normalized spacial score (nSPS) is 13.5. The molecule has 1 saturated carbocycles. The second-order valence-electron chi connectivity index (χ2n) is 6.19. The maximum absolute atomic E-state index is 12.4. The largest absolute Gasteiger partial charge is 0.488 e. The quantitative estimate of drug-likeness (QED) is 0.450. The van der Waals surface area contributed by atoms with Crippen molar-refractivity contribution in [3.8, 4) is 5.75 Å². The Kier molecular flexibility index (Phi) is 5.83. The van der Waals surface area contributed by atoms with Crippen molar-refractivity contribution in [3.05, 3.63) is 40.2 Å². The number of rotatable bonds is 4. The van der Waals surface area contributed by atoms with Gasteiger partial charge in [-0.15, -0.1) is 0 Å². The fourth-order valence-electron chi connectivity index (χ4n) is 2.58. The van der Waals surface area contributed by atoms with E-state index in [-0.39, 0.29) is 27.9 Å². The van der Waals surface area contributed by atoms with E-state index in [1.165, 1.54) is 24.1 Å². The molecule has 148 valence electrons. The molecule has 2 aromatic rings. The Morgan fingerprint density at radius 2 is 2.18 bits per heavy atom. The molecule has 0 atom stereocenters. The van der Waals surface area contributed by atoms with Crippen LogP contribution in [0, 0.1) is 17.7 Å². The number of hydrogen-bond acceptors (Lipinski definition) is 9. The van der Waals surface area contributed by atoms with E-state index in [0.717, 1.165) is 25.0 Å². The lowest BCUT2D eigenvalue weighted by Crippen LogP contribution is -2.31. The van der Waals surface area contributed by atoms with Gasteiger partial charge in [0.1, 0.15) is 0 Å². The minimum atomic E-state index is -0.781. The molecule has 10 nitrogen and oxygen atoms in total. The van der Waals surface area contributed by atoms with Gasteiger partial charge in [0.05, 0.1) is 12.8 Å². The minimum absolute atomic E-state index is 0.00355. The molecule has 28 heavy (non-hydrogen) atoms. The number of carbonyl (C=O) groups excluding carboxylic acids is 1. The summed E-state index contributed by atoms with van der Waals surface area (Å²) < 4.78 is 11.4. The van der Waals surface area contributed by atoms with E-state index in [4.69, 9.17) is 20.0 Å². The van der Waals surface area contributed by atoms with Gasteiger partial charge in [-0.3, -0.25) is 20.9 Å². The number of amidine groups is 1. The molecule has 2 aromatic heterocycles. The average molecular weight is 404 g/mol. The number of aryl methyl sites for hydroxylation is 1. The molecule has 11 heteroatoms. The maximum atomic E-state index is 12.4. The van der Waals surface area contributed by atoms with Crippen LogP contribution in [0.3, 0.4) is 0 Å². The van der Waals surface area contributed by atoms with Gasteiger partial charge in [0.2, 0.25) is 5.75 Å². The van der Waals surface area contributed by atoms with Crippen molar-refractivity contribution in [2.24, 2.45) is 0 Å². The first kappa shape index (κ1) is 19.7. The number of methoxy groups -OCH3 is 1. The van der Waals surface area contributed by atoms with E-state index in [9.17, 15) is 9.59 Å². The Morgan fingerprint density at radius 3 is 2.75 bits per heavy atom. The molecule has 0 aliphatic heterocycles. The van der Waals surface area contributed by atoms with Crippen molar-refractivity contribution in [2.45, 2.75) is 32.2 Å². The summed E-state index contributed by atoms with van der Waals surface area (Å²) >= 11 is 0.709. The third-order valence-electron chi connectivity index (χ3n) is 4.25. The molecule has 0 bridgehead atoms. The number of nitrogens with zero attached hydrogens (tertiary/aromatic N) is 2. The minimum Gasteiger partial charge on any atom is -0.488 e. The van der Waals surface area contributed by atoms with Crippen molar-refractivity contribution < 1.29 is 13.9 Å². The first-order chi connectivity index (χ1) is 13.4. The summed E-state index contributed by atoms with van der Waals surface area (Å²) in [6, 6.07) is 3.33. The highest BCUT2D eigenvalue weighted by Gasteiger charge is 2.23. The molecule has 1 aliphatic carbocycles. The lowest BCUT2D eigenvalue weighted by atomic mass is 9.93. The van der Waals surface area contributed by atoms with E-state index < -0.39 is 11.5 Å². The predicted octanol–water partition coefficient (Wildman–Crippen LogP) is 2.00. The molecule has 4 N–H and O–H groups in total. The Morgan fingerprint density at radius 1 is 1.43 bits per heavy atom. The van der Waals surface area contributed by atoms with Gasteiger partial charge in [-0.1, -0.05) is 0 Å². The van der Waals surface area contributed by atoms with Crippen LogP contribution in [-0.2, 0) is 0 Å². The first-order valence-electron chi connectivity index (χ1n) is 8.55. The van der Waals surface area contributed by atoms with E-state index >= 15 is 0 Å². The number of thioether (sulfide) groups is 1. The number of nitrogens with one attached hydrogen (secondary N) is 4. The fourth-order valence-corrected chi connectivity index (χ4v) is 3.19. The van der Waals surface area contributed by atoms with Crippen molar-refractivity contribution in [2.75, 3.05) is 12.4 Å². The molecule has 0 aromatic carbocycles. The van der Waals surface area contributed by atoms with Gasteiger partial charge in [0.25, 0.3) is 5.91 Å². The highest BCUT2D eigenvalue weighted by molar-refractivity contribution is 8.26. The van der Waals surface area contributed by atoms with Gasteiger partial charge < -0.3 is 14.5 Å². The van der Waals surface area contributed by atoms with E-state index in [0.29, 0.717) is 17.4 Å². The Labute approximate surface area is 164 Å². The van der Waals surface area contributed by atoms with Crippen LogP contribution in [0.4, 0.5) is 5.69 Å². The molecule has 1 fully saturated rings. The van der Waals surface area contributed by atoms with Crippen LogP contribution in [0.1, 0.15) is 35.5 Å². The van der Waals surface area contributed by atoms with Gasteiger partial charge >= 0.3 is 5.63 Å². The molecule has 3 rings (SSSR count). The van der Waals surface area contributed by atoms with E-state index in [1.54, 1.807) is 13.0 Å². The van der Waals surface area contributed by atoms with Crippen molar-refractivity contribution in [3.63, 3.8) is 0 Å². The van der Waals surface area contributed by atoms with Crippen molar-refractivity contribution in [1.82, 2.24) is 15.1 Å². The molecule has 0 saturated heterocycles. The second kappa shape index (κ2) is 8.30. The molecular formula is C17H20N6O4S. The van der Waals surface area contributed by atoms with Crippen molar-refractivity contribution in [1.29, 1.82) is 10.8 Å². The average Bonchev–Trinajstić information content (AvgIpc) is 3.03. The maximum Gasteiger partial charge on any atom is 0.381 e. The molecule has 1 aliphatic rings. The molecular weight excluding hydrogens is 384 g/mol. The summed E-state index contributed by atoms with van der Waals surface area (Å²) in [4.78, 5) is 24.5. The molecule has 0 unspecified atom stereocenters. The SMILES string of the molecule is COc1c(NC2CCC2)cc(C(=O)NC(=N)SC(=N)n2nccc2C)oc1=O. The van der Waals surface area contributed by atoms with Crippen LogP contribution in [0.15, 0.2) is 27.5 Å². The number of hydrogen-bond donors (Lipinski definition) is 4. The zero-order valence-corrected chi connectivity index (χ0v) is 16.2. The summed E-state index contributed by atoms with van der Waals surface area (Å²) in [5.41, 5.74) is 0.327. The summed E-state index contributed by atoms with van der Waals surface area (Å²) in [5, 5.41) is 25.0. The summed E-state index contributed by atoms with van der Waals surface area (Å²) in [5.74, 6) is -1.01. The fraction of sp³-hybridized carbons (Fsp3) is 0.353. The number of carbonyl (C=O) groups is 1. The number of anilines is 1. The molecule has 1 amide bonds. The Balaban J connectivity index is 1.71. The van der Waals surface area contributed by atoms with Gasteiger partial charge in [-0.25, -0.2) is 9.48 Å². The van der Waals surface area contributed by atoms with Gasteiger partial charge in [0, 0.05) is 24.0 Å². The van der Waals surface area contributed by atoms with E-state index in [2.05, 4.69) is 15.7 Å². The van der Waals surface area contributed by atoms with Crippen LogP contribution < -0.4 is 21.0 Å². The van der Waals surface area contributed by atoms with Crippen LogP contribution >= 0.6 is 11.8 Å². The predicted molar refractivity (Wildman–Crippen MR) is 106 cm³/mol. The van der Waals surface area contributed by atoms with Gasteiger partial charge in [0.15, 0.2) is 16.1 Å². The zero-order valence-electron chi connectivity index (χ0n) is 15.4. The smallest absolute Gasteiger partial charge is 0.381 e. The standard InChI is InChI=1S/C17H20N6O4S/c1-9-6-7-20-23(9)17(19)28-16(18)22-14(24)12-8-11(21-10-4-3-5-10)13(26-2)15(25)27-12/h6-8,10,19,21H,3-5H2,1-2H3,(H2,18,22,24). The number of amides is 1. The third-order valence-corrected chi connectivity index (χ3v) is 4.92. The molecule has 0 spiro atoms. The third kappa shape index (κ3) is 4.25. The number of ether oxygens (including phenoxy) is 1. The zero-order chi connectivity index (χ0) is 20.3. The van der Waals surface area contributed by atoms with Crippen LogP contribution in [0.2, 0.25) is 0 Å². The molecule has 0 radical (unpaired) electrons. The van der Waals surface area contributed by atoms with Crippen LogP contribution in [0.5, 0.6) is 5.75 Å². The monoisotopic (exact) mass is 404 g/mol. The highest BCUT2D eigenvalue weighted by Crippen LogP contribution is 2.28. The first-order valence-corrected chi connectivity index (χ1v) is 9.36. The topological polar surface area (TPSA) is 146 Å². The lowest BCUT2D eigenvalue weighted by molar-refractivity contribution is 0.0945. The number of aromatic nitrogens is 2. The van der Waals surface area contributed by atoms with Gasteiger partial charge in [-0.05, 0) is 44.0 Å². The Bertz CT molecular complexity index is 978.